The molecule has 0 aliphatic rings. The Bertz CT molecular complexity index is 609. The molecule has 0 radical (unpaired) electrons. The third kappa shape index (κ3) is 1.31. The molecule has 86 valence electrons. The van der Waals surface area contributed by atoms with E-state index >= 15 is 0 Å². The molecule has 0 saturated carbocycles. The van der Waals surface area contributed by atoms with Crippen LogP contribution in [0.5, 0.6) is 0 Å². The van der Waals surface area contributed by atoms with Crippen molar-refractivity contribution in [3.05, 3.63) is 27.9 Å². The number of rotatable bonds is 0. The van der Waals surface area contributed by atoms with Crippen molar-refractivity contribution in [2.24, 2.45) is 7.05 Å². The molecule has 4 nitrogen and oxygen atoms in total. The number of oxazole rings is 1. The van der Waals surface area contributed by atoms with E-state index in [2.05, 4.69) is 4.98 Å². The quantitative estimate of drug-likeness (QED) is 0.696. The molecule has 0 bridgehead atoms. The number of hydrogen-bond donors (Lipinski definition) is 0. The van der Waals surface area contributed by atoms with Gasteiger partial charge in [-0.25, -0.2) is 0 Å². The van der Waals surface area contributed by atoms with E-state index in [1.54, 1.807) is 0 Å². The highest BCUT2D eigenvalue weighted by Gasteiger charge is 2.38. The summed E-state index contributed by atoms with van der Waals surface area (Å²) < 4.78 is 43.9. The van der Waals surface area contributed by atoms with Crippen molar-refractivity contribution in [1.82, 2.24) is 9.55 Å². The van der Waals surface area contributed by atoms with Crippen molar-refractivity contribution in [2.45, 2.75) is 13.1 Å². The third-order valence-corrected chi connectivity index (χ3v) is 2.38. The Kier molecular flexibility index (Phi) is 2.08. The number of halogens is 3. The van der Waals surface area contributed by atoms with Crippen molar-refractivity contribution >= 4 is 11.2 Å². The highest BCUT2D eigenvalue weighted by Crippen LogP contribution is 2.35. The lowest BCUT2D eigenvalue weighted by atomic mass is 10.1. The van der Waals surface area contributed by atoms with Crippen LogP contribution in [0.25, 0.3) is 11.2 Å². The van der Waals surface area contributed by atoms with Gasteiger partial charge in [0.2, 0.25) is 0 Å². The van der Waals surface area contributed by atoms with Crippen molar-refractivity contribution in [3.63, 3.8) is 0 Å². The second kappa shape index (κ2) is 3.10. The summed E-state index contributed by atoms with van der Waals surface area (Å²) in [5, 5.41) is 0. The van der Waals surface area contributed by atoms with Gasteiger partial charge in [-0.1, -0.05) is 0 Å². The number of pyridine rings is 1. The first kappa shape index (κ1) is 10.7. The fraction of sp³-hybridized carbons (Fsp3) is 0.333. The van der Waals surface area contributed by atoms with Crippen LogP contribution < -0.4 is 5.56 Å². The summed E-state index contributed by atoms with van der Waals surface area (Å²) in [7, 11) is 1.35. The molecule has 2 rings (SSSR count). The summed E-state index contributed by atoms with van der Waals surface area (Å²) in [6, 6.07) is 0. The Morgan fingerprint density at radius 2 is 2.06 bits per heavy atom. The maximum absolute atomic E-state index is 12.7. The molecular formula is C9H7F3N2O2. The van der Waals surface area contributed by atoms with E-state index in [0.717, 1.165) is 17.9 Å². The largest absolute Gasteiger partial charge is 0.441 e. The predicted octanol–water partition coefficient (Wildman–Crippen LogP) is 1.85. The van der Waals surface area contributed by atoms with Gasteiger partial charge in [-0.15, -0.1) is 0 Å². The van der Waals surface area contributed by atoms with Crippen molar-refractivity contribution < 1.29 is 17.6 Å². The predicted molar refractivity (Wildman–Crippen MR) is 49.0 cm³/mol. The Hall–Kier alpha value is -1.79. The lowest BCUT2D eigenvalue weighted by Crippen LogP contribution is -2.24. The molecule has 0 atom stereocenters. The lowest BCUT2D eigenvalue weighted by molar-refractivity contribution is -0.137. The lowest BCUT2D eigenvalue weighted by Gasteiger charge is -2.11. The monoisotopic (exact) mass is 232 g/mol. The summed E-state index contributed by atoms with van der Waals surface area (Å²) in [6.07, 6.45) is -3.74. The second-order valence-corrected chi connectivity index (χ2v) is 3.37. The third-order valence-electron chi connectivity index (χ3n) is 2.38. The molecule has 0 N–H and O–H groups in total. The van der Waals surface area contributed by atoms with Gasteiger partial charge in [0, 0.05) is 12.6 Å². The van der Waals surface area contributed by atoms with E-state index in [1.807, 2.05) is 0 Å². The first-order valence-electron chi connectivity index (χ1n) is 4.34. The Morgan fingerprint density at radius 1 is 1.44 bits per heavy atom. The van der Waals surface area contributed by atoms with E-state index in [-0.39, 0.29) is 11.2 Å². The molecule has 2 aromatic rings. The van der Waals surface area contributed by atoms with E-state index < -0.39 is 22.9 Å². The maximum atomic E-state index is 12.7. The number of nitrogens with zero attached hydrogens (tertiary/aromatic N) is 2. The highest BCUT2D eigenvalue weighted by molar-refractivity contribution is 5.74. The van der Waals surface area contributed by atoms with Crippen molar-refractivity contribution in [2.75, 3.05) is 0 Å². The summed E-state index contributed by atoms with van der Waals surface area (Å²) in [4.78, 5) is 15.1. The number of hydrogen-bond acceptors (Lipinski definition) is 3. The zero-order chi connectivity index (χ0) is 12.1. The summed E-state index contributed by atoms with van der Waals surface area (Å²) in [6.45, 7) is 1.12. The van der Waals surface area contributed by atoms with Crippen LogP contribution in [0.15, 0.2) is 15.6 Å². The van der Waals surface area contributed by atoms with E-state index in [4.69, 9.17) is 4.42 Å². The average Bonchev–Trinajstić information content (AvgIpc) is 2.61. The van der Waals surface area contributed by atoms with Crippen LogP contribution in [-0.2, 0) is 13.2 Å². The normalized spacial score (nSPS) is 12.3. The van der Waals surface area contributed by atoms with Crippen LogP contribution in [0.2, 0.25) is 0 Å². The van der Waals surface area contributed by atoms with Gasteiger partial charge in [-0.05, 0) is 6.92 Å². The molecule has 0 unspecified atom stereocenters. The molecule has 2 heterocycles. The van der Waals surface area contributed by atoms with Gasteiger partial charge >= 0.3 is 6.18 Å². The molecule has 0 fully saturated rings. The Morgan fingerprint density at radius 3 is 2.62 bits per heavy atom. The molecule has 16 heavy (non-hydrogen) atoms. The SMILES string of the molecule is Cc1c(C(F)(F)F)c2ocnc2n(C)c1=O. The minimum absolute atomic E-state index is 0.108. The topological polar surface area (TPSA) is 48.0 Å². The molecule has 0 aliphatic carbocycles. The van der Waals surface area contributed by atoms with Crippen LogP contribution in [0.3, 0.4) is 0 Å². The fourth-order valence-corrected chi connectivity index (χ4v) is 1.62. The maximum Gasteiger partial charge on any atom is 0.420 e. The first-order valence-corrected chi connectivity index (χ1v) is 4.34. The van der Waals surface area contributed by atoms with Crippen molar-refractivity contribution in [1.29, 1.82) is 0 Å². The minimum Gasteiger partial charge on any atom is -0.441 e. The standard InChI is InChI=1S/C9H7F3N2O2/c1-4-5(9(10,11)12)6-7(13-3-16-6)14(2)8(4)15/h3H,1-2H3. The van der Waals surface area contributed by atoms with Gasteiger partial charge in [0.1, 0.15) is 5.56 Å². The molecule has 7 heteroatoms. The zero-order valence-corrected chi connectivity index (χ0v) is 8.42. The number of aromatic nitrogens is 2. The van der Waals surface area contributed by atoms with E-state index in [9.17, 15) is 18.0 Å². The summed E-state index contributed by atoms with van der Waals surface area (Å²) in [5.41, 5.74) is -2.69. The van der Waals surface area contributed by atoms with Gasteiger partial charge in [0.05, 0.1) is 0 Å². The van der Waals surface area contributed by atoms with Crippen LogP contribution in [0, 0.1) is 6.92 Å². The number of alkyl halides is 3. The molecule has 0 saturated heterocycles. The van der Waals surface area contributed by atoms with E-state index in [0.29, 0.717) is 0 Å². The Balaban J connectivity index is 3.03. The number of aryl methyl sites for hydroxylation is 1. The molecule has 0 aliphatic heterocycles. The summed E-state index contributed by atoms with van der Waals surface area (Å²) >= 11 is 0. The molecule has 0 amide bonds. The molecule has 0 aromatic carbocycles. The van der Waals surface area contributed by atoms with Crippen molar-refractivity contribution in [3.8, 4) is 0 Å². The van der Waals surface area contributed by atoms with Crippen LogP contribution in [0.4, 0.5) is 13.2 Å². The molecule has 0 spiro atoms. The minimum atomic E-state index is -4.63. The van der Waals surface area contributed by atoms with Gasteiger partial charge in [-0.2, -0.15) is 18.2 Å². The van der Waals surface area contributed by atoms with E-state index in [1.165, 1.54) is 7.05 Å². The van der Waals surface area contributed by atoms with Crippen LogP contribution in [0.1, 0.15) is 11.1 Å². The molecule has 2 aromatic heterocycles. The number of fused-ring (bicyclic) bond motifs is 1. The smallest absolute Gasteiger partial charge is 0.420 e. The van der Waals surface area contributed by atoms with Gasteiger partial charge in [0.15, 0.2) is 17.6 Å². The first-order chi connectivity index (χ1) is 7.34. The van der Waals surface area contributed by atoms with Gasteiger partial charge in [-0.3, -0.25) is 9.36 Å². The zero-order valence-electron chi connectivity index (χ0n) is 8.42. The van der Waals surface area contributed by atoms with Crippen LogP contribution in [-0.4, -0.2) is 9.55 Å². The summed E-state index contributed by atoms with van der Waals surface area (Å²) in [5.74, 6) is 0. The van der Waals surface area contributed by atoms with Gasteiger partial charge in [0.25, 0.3) is 5.56 Å². The average molecular weight is 232 g/mol. The fourth-order valence-electron chi connectivity index (χ4n) is 1.62. The van der Waals surface area contributed by atoms with Gasteiger partial charge < -0.3 is 4.42 Å². The van der Waals surface area contributed by atoms with Crippen LogP contribution >= 0.6 is 0 Å². The molecular weight excluding hydrogens is 225 g/mol. The highest BCUT2D eigenvalue weighted by atomic mass is 19.4. The second-order valence-electron chi connectivity index (χ2n) is 3.37. The Labute approximate surface area is 87.3 Å².